The summed E-state index contributed by atoms with van der Waals surface area (Å²) in [4.78, 5) is 12.2. The number of hydrogen-bond acceptors (Lipinski definition) is 4. The highest BCUT2D eigenvalue weighted by Gasteiger charge is 2.13. The summed E-state index contributed by atoms with van der Waals surface area (Å²) in [6, 6.07) is 16.0. The van der Waals surface area contributed by atoms with Crippen LogP contribution in [0.15, 0.2) is 96.8 Å². The van der Waals surface area contributed by atoms with E-state index in [0.29, 0.717) is 39.0 Å². The molecule has 200 valence electrons. The lowest BCUT2D eigenvalue weighted by molar-refractivity contribution is -0.120. The van der Waals surface area contributed by atoms with Gasteiger partial charge in [-0.2, -0.15) is 0 Å². The minimum atomic E-state index is -0.354. The Morgan fingerprint density at radius 3 is 2.10 bits per heavy atom. The summed E-state index contributed by atoms with van der Waals surface area (Å²) in [7, 11) is 0. The van der Waals surface area contributed by atoms with Crippen molar-refractivity contribution in [1.29, 1.82) is 0 Å². The van der Waals surface area contributed by atoms with Gasteiger partial charge in [0.1, 0.15) is 0 Å². The van der Waals surface area contributed by atoms with Gasteiger partial charge in [0.2, 0.25) is 5.91 Å². The number of nitrogens with two attached hydrogens (primary N) is 2. The third kappa shape index (κ3) is 10.5. The van der Waals surface area contributed by atoms with Crippen molar-refractivity contribution in [3.8, 4) is 23.7 Å². The van der Waals surface area contributed by atoms with Crippen LogP contribution in [0.4, 0.5) is 0 Å². The number of rotatable bonds is 9. The highest BCUT2D eigenvalue weighted by molar-refractivity contribution is 5.78. The maximum atomic E-state index is 12.2. The SMILES string of the molecule is C=C(Cc1ccc(CN)cc1)NCC#CC1(C)/C=C\C=C(C#CCNC(=O)Cc2ccc(CN)cc2)C/C=C\1. The first-order chi connectivity index (χ1) is 18.9. The topological polar surface area (TPSA) is 93.2 Å². The lowest BCUT2D eigenvalue weighted by atomic mass is 9.88. The molecule has 0 spiro atoms. The Hall–Kier alpha value is -4.29. The molecule has 39 heavy (non-hydrogen) atoms. The van der Waals surface area contributed by atoms with E-state index in [1.165, 1.54) is 5.56 Å². The molecule has 1 atom stereocenters. The van der Waals surface area contributed by atoms with Gasteiger partial charge in [-0.25, -0.2) is 0 Å². The van der Waals surface area contributed by atoms with Crippen molar-refractivity contribution < 1.29 is 4.79 Å². The summed E-state index contributed by atoms with van der Waals surface area (Å²) in [5.74, 6) is 12.7. The van der Waals surface area contributed by atoms with E-state index in [0.717, 1.165) is 34.4 Å². The van der Waals surface area contributed by atoms with Crippen molar-refractivity contribution in [1.82, 2.24) is 10.6 Å². The lowest BCUT2D eigenvalue weighted by Crippen LogP contribution is -2.25. The Morgan fingerprint density at radius 2 is 1.46 bits per heavy atom. The first-order valence-electron chi connectivity index (χ1n) is 13.2. The minimum Gasteiger partial charge on any atom is -0.378 e. The molecule has 0 bridgehead atoms. The van der Waals surface area contributed by atoms with Crippen molar-refractivity contribution in [2.75, 3.05) is 13.1 Å². The summed E-state index contributed by atoms with van der Waals surface area (Å²) in [5, 5.41) is 6.16. The quantitative estimate of drug-likeness (QED) is 0.298. The molecule has 2 aromatic carbocycles. The van der Waals surface area contributed by atoms with Crippen LogP contribution >= 0.6 is 0 Å². The van der Waals surface area contributed by atoms with E-state index in [4.69, 9.17) is 11.5 Å². The first-order valence-corrected chi connectivity index (χ1v) is 13.2. The van der Waals surface area contributed by atoms with Gasteiger partial charge in [0, 0.05) is 30.8 Å². The third-order valence-electron chi connectivity index (χ3n) is 6.25. The van der Waals surface area contributed by atoms with Crippen LogP contribution in [0.2, 0.25) is 0 Å². The summed E-state index contributed by atoms with van der Waals surface area (Å²) in [5.41, 5.74) is 17.2. The van der Waals surface area contributed by atoms with Gasteiger partial charge in [0.25, 0.3) is 0 Å². The van der Waals surface area contributed by atoms with E-state index in [-0.39, 0.29) is 11.3 Å². The smallest absolute Gasteiger partial charge is 0.225 e. The van der Waals surface area contributed by atoms with E-state index < -0.39 is 0 Å². The van der Waals surface area contributed by atoms with Crippen LogP contribution < -0.4 is 22.1 Å². The Morgan fingerprint density at radius 1 is 0.872 bits per heavy atom. The van der Waals surface area contributed by atoms with Crippen molar-refractivity contribution >= 4 is 5.91 Å². The predicted octanol–water partition coefficient (Wildman–Crippen LogP) is 4.06. The molecule has 3 rings (SSSR count). The number of carbonyl (C=O) groups is 1. The third-order valence-corrected chi connectivity index (χ3v) is 6.25. The average molecular weight is 519 g/mol. The molecule has 0 fully saturated rings. The zero-order valence-electron chi connectivity index (χ0n) is 22.7. The molecule has 0 saturated carbocycles. The molecule has 1 unspecified atom stereocenters. The molecule has 0 aromatic heterocycles. The predicted molar refractivity (Wildman–Crippen MR) is 161 cm³/mol. The Kier molecular flexibility index (Phi) is 11.4. The zero-order chi connectivity index (χ0) is 27.9. The fraction of sp³-hybridized carbons (Fsp3) is 0.265. The van der Waals surface area contributed by atoms with Crippen LogP contribution in [0.1, 0.15) is 35.6 Å². The number of carbonyl (C=O) groups excluding carboxylic acids is 1. The zero-order valence-corrected chi connectivity index (χ0v) is 22.7. The summed E-state index contributed by atoms with van der Waals surface area (Å²) < 4.78 is 0. The van der Waals surface area contributed by atoms with Gasteiger partial charge in [-0.05, 0) is 35.6 Å². The fourth-order valence-electron chi connectivity index (χ4n) is 3.94. The molecular weight excluding hydrogens is 480 g/mol. The molecular formula is C34H38N4O. The van der Waals surface area contributed by atoms with E-state index in [9.17, 15) is 4.79 Å². The fourth-order valence-corrected chi connectivity index (χ4v) is 3.94. The van der Waals surface area contributed by atoms with Crippen LogP contribution in [0.5, 0.6) is 0 Å². The number of nitrogens with one attached hydrogen (secondary N) is 2. The molecule has 1 aliphatic carbocycles. The summed E-state index contributed by atoms with van der Waals surface area (Å²) in [6.45, 7) is 8.09. The highest BCUT2D eigenvalue weighted by Crippen LogP contribution is 2.22. The van der Waals surface area contributed by atoms with Crippen molar-refractivity contribution in [3.05, 3.63) is 119 Å². The van der Waals surface area contributed by atoms with Crippen molar-refractivity contribution in [3.63, 3.8) is 0 Å². The largest absolute Gasteiger partial charge is 0.378 e. The van der Waals surface area contributed by atoms with Crippen LogP contribution in [-0.2, 0) is 30.7 Å². The van der Waals surface area contributed by atoms with Gasteiger partial charge in [-0.1, -0.05) is 109 Å². The van der Waals surface area contributed by atoms with Gasteiger partial charge in [-0.3, -0.25) is 4.79 Å². The lowest BCUT2D eigenvalue weighted by Gasteiger charge is -2.15. The van der Waals surface area contributed by atoms with Gasteiger partial charge >= 0.3 is 0 Å². The standard InChI is InChI=1S/C34H38N4O/c1-27(23-29-10-14-31(25-35)15-11-29)37-22-6-20-34(2)18-3-7-28(8-4-19-34)9-5-21-38-33(39)24-30-12-16-32(26-36)17-13-30/h3-4,7,10-19,37H,1,8,21-26,35-36H2,2H3,(H,38,39)/b18-3-,19-4-,28-7?. The number of benzene rings is 2. The van der Waals surface area contributed by atoms with Crippen LogP contribution in [0, 0.1) is 29.1 Å². The highest BCUT2D eigenvalue weighted by atomic mass is 16.1. The van der Waals surface area contributed by atoms with Gasteiger partial charge in [0.05, 0.1) is 24.9 Å². The summed E-state index contributed by atoms with van der Waals surface area (Å²) >= 11 is 0. The van der Waals surface area contributed by atoms with Crippen LogP contribution in [-0.4, -0.2) is 19.0 Å². The van der Waals surface area contributed by atoms with Crippen LogP contribution in [0.25, 0.3) is 0 Å². The maximum absolute atomic E-state index is 12.2. The van der Waals surface area contributed by atoms with E-state index >= 15 is 0 Å². The van der Waals surface area contributed by atoms with Crippen LogP contribution in [0.3, 0.4) is 0 Å². The van der Waals surface area contributed by atoms with Crippen molar-refractivity contribution in [2.45, 2.75) is 39.3 Å². The molecule has 5 nitrogen and oxygen atoms in total. The number of hydrogen-bond donors (Lipinski definition) is 4. The first kappa shape index (κ1) is 29.3. The van der Waals surface area contributed by atoms with Gasteiger partial charge < -0.3 is 22.1 Å². The second-order valence-electron chi connectivity index (χ2n) is 9.67. The number of amides is 1. The summed E-state index contributed by atoms with van der Waals surface area (Å²) in [6.07, 6.45) is 12.1. The molecule has 0 heterocycles. The van der Waals surface area contributed by atoms with Gasteiger partial charge in [-0.15, -0.1) is 0 Å². The monoisotopic (exact) mass is 518 g/mol. The Labute approximate surface area is 233 Å². The van der Waals surface area contributed by atoms with E-state index in [2.05, 4.69) is 78.2 Å². The molecule has 0 aliphatic heterocycles. The Bertz CT molecular complexity index is 1340. The number of allylic oxidation sites excluding steroid dienone is 7. The molecule has 0 saturated heterocycles. The normalized spacial score (nSPS) is 17.6. The average Bonchev–Trinajstić information content (AvgIpc) is 2.93. The maximum Gasteiger partial charge on any atom is 0.225 e. The minimum absolute atomic E-state index is 0.0511. The second kappa shape index (κ2) is 15.2. The molecule has 6 N–H and O–H groups in total. The van der Waals surface area contributed by atoms with Crippen molar-refractivity contribution in [2.24, 2.45) is 16.9 Å². The molecule has 2 aromatic rings. The molecule has 0 radical (unpaired) electrons. The van der Waals surface area contributed by atoms with E-state index in [1.54, 1.807) is 0 Å². The van der Waals surface area contributed by atoms with Gasteiger partial charge in [0.15, 0.2) is 0 Å². The molecule has 1 aliphatic rings. The second-order valence-corrected chi connectivity index (χ2v) is 9.67. The molecule has 5 heteroatoms. The molecule has 1 amide bonds. The van der Waals surface area contributed by atoms with E-state index in [1.807, 2.05) is 48.6 Å². The Balaban J connectivity index is 1.43.